The fraction of sp³-hybridized carbons (Fsp3) is 0.941. The van der Waals surface area contributed by atoms with Crippen LogP contribution in [0.2, 0.25) is 0 Å². The number of ether oxygens (including phenoxy) is 3. The first-order valence-electron chi connectivity index (χ1n) is 8.39. The summed E-state index contributed by atoms with van der Waals surface area (Å²) in [6, 6.07) is 0. The average molecular weight is 332 g/mol. The van der Waals surface area contributed by atoms with Crippen molar-refractivity contribution in [2.75, 3.05) is 39.6 Å². The normalized spacial score (nSPS) is 12.4. The van der Waals surface area contributed by atoms with E-state index in [4.69, 9.17) is 14.2 Å². The smallest absolute Gasteiger partial charge is 0.236 e. The number of carbonyl (C=O) groups excluding carboxylic acids is 1. The minimum absolute atomic E-state index is 0.0758. The molecule has 0 saturated carbocycles. The Balaban J connectivity index is 3.26. The minimum atomic E-state index is -0.140. The van der Waals surface area contributed by atoms with Crippen molar-refractivity contribution >= 4 is 5.91 Å². The van der Waals surface area contributed by atoms with Gasteiger partial charge in [-0.3, -0.25) is 10.2 Å². The second-order valence-electron chi connectivity index (χ2n) is 7.82. The van der Waals surface area contributed by atoms with E-state index in [0.717, 1.165) is 13.0 Å². The zero-order valence-electron chi connectivity index (χ0n) is 15.8. The molecule has 23 heavy (non-hydrogen) atoms. The van der Waals surface area contributed by atoms with E-state index in [1.165, 1.54) is 0 Å². The molecule has 138 valence electrons. The second kappa shape index (κ2) is 11.8. The van der Waals surface area contributed by atoms with E-state index < -0.39 is 0 Å². The molecule has 0 heterocycles. The number of carbonyl (C=O) groups is 1. The summed E-state index contributed by atoms with van der Waals surface area (Å²) < 4.78 is 16.3. The molecule has 0 rings (SSSR count). The molecule has 0 fully saturated rings. The Morgan fingerprint density at radius 3 is 1.74 bits per heavy atom. The van der Waals surface area contributed by atoms with Crippen LogP contribution in [0, 0.1) is 5.41 Å². The zero-order chi connectivity index (χ0) is 17.8. The summed E-state index contributed by atoms with van der Waals surface area (Å²) in [7, 11) is 0. The van der Waals surface area contributed by atoms with Gasteiger partial charge in [0.25, 0.3) is 0 Å². The van der Waals surface area contributed by atoms with E-state index in [0.29, 0.717) is 44.9 Å². The first kappa shape index (κ1) is 22.3. The molecule has 0 aliphatic carbocycles. The van der Waals surface area contributed by atoms with Crippen molar-refractivity contribution in [3.63, 3.8) is 0 Å². The second-order valence-corrected chi connectivity index (χ2v) is 7.82. The van der Waals surface area contributed by atoms with Crippen molar-refractivity contribution in [2.24, 2.45) is 5.41 Å². The lowest BCUT2D eigenvalue weighted by Crippen LogP contribution is -2.48. The van der Waals surface area contributed by atoms with Gasteiger partial charge >= 0.3 is 0 Å². The Kier molecular flexibility index (Phi) is 11.4. The van der Waals surface area contributed by atoms with Crippen molar-refractivity contribution in [3.8, 4) is 0 Å². The summed E-state index contributed by atoms with van der Waals surface area (Å²) in [5.74, 6) is -0.0758. The third-order valence-corrected chi connectivity index (χ3v) is 2.79. The quantitative estimate of drug-likeness (QED) is 0.424. The minimum Gasteiger partial charge on any atom is -0.379 e. The molecule has 0 bridgehead atoms. The van der Waals surface area contributed by atoms with Crippen LogP contribution < -0.4 is 10.9 Å². The van der Waals surface area contributed by atoms with E-state index in [1.807, 2.05) is 20.8 Å². The number of hydrazine groups is 1. The van der Waals surface area contributed by atoms with Crippen LogP contribution in [0.4, 0.5) is 0 Å². The maximum atomic E-state index is 11.5. The molecule has 6 heteroatoms. The van der Waals surface area contributed by atoms with Crippen LogP contribution >= 0.6 is 0 Å². The van der Waals surface area contributed by atoms with Crippen LogP contribution in [0.25, 0.3) is 0 Å². The molecule has 0 saturated heterocycles. The van der Waals surface area contributed by atoms with Crippen LogP contribution in [0.5, 0.6) is 0 Å². The molecule has 1 amide bonds. The summed E-state index contributed by atoms with van der Waals surface area (Å²) in [5, 5.41) is 0. The molecule has 0 aromatic carbocycles. The largest absolute Gasteiger partial charge is 0.379 e. The van der Waals surface area contributed by atoms with Crippen LogP contribution in [0.3, 0.4) is 0 Å². The molecular formula is C17H36N2O4. The molecule has 6 nitrogen and oxygen atoms in total. The Hall–Kier alpha value is -0.690. The van der Waals surface area contributed by atoms with E-state index in [9.17, 15) is 4.79 Å². The third-order valence-electron chi connectivity index (χ3n) is 2.79. The average Bonchev–Trinajstić information content (AvgIpc) is 2.40. The predicted molar refractivity (Wildman–Crippen MR) is 92.2 cm³/mol. The number of nitrogens with one attached hydrogen (secondary N) is 2. The van der Waals surface area contributed by atoms with Crippen LogP contribution in [0.15, 0.2) is 0 Å². The standard InChI is InChI=1S/C17H36N2O4/c1-16(2,3)8-10-22-12-14-23-13-11-21-9-7-15(20)18-19-17(4,5)6/h19H,7-14H2,1-6H3,(H,18,20). The molecule has 0 atom stereocenters. The van der Waals surface area contributed by atoms with Crippen LogP contribution in [0.1, 0.15) is 54.4 Å². The van der Waals surface area contributed by atoms with E-state index >= 15 is 0 Å². The van der Waals surface area contributed by atoms with Crippen molar-refractivity contribution in [1.29, 1.82) is 0 Å². The third kappa shape index (κ3) is 19.3. The molecule has 0 spiro atoms. The van der Waals surface area contributed by atoms with Crippen molar-refractivity contribution in [2.45, 2.75) is 59.9 Å². The Morgan fingerprint density at radius 2 is 1.26 bits per heavy atom. The van der Waals surface area contributed by atoms with Gasteiger partial charge in [0.2, 0.25) is 5.91 Å². The summed E-state index contributed by atoms with van der Waals surface area (Å²) in [6.45, 7) is 15.9. The molecule has 0 aromatic rings. The number of hydrogen-bond donors (Lipinski definition) is 2. The molecule has 0 aromatic heterocycles. The van der Waals surface area contributed by atoms with Gasteiger partial charge in [-0.1, -0.05) is 20.8 Å². The van der Waals surface area contributed by atoms with Gasteiger partial charge in [-0.15, -0.1) is 0 Å². The highest BCUT2D eigenvalue weighted by molar-refractivity contribution is 5.75. The molecule has 0 unspecified atom stereocenters. The predicted octanol–water partition coefficient (Wildman–Crippen LogP) is 2.28. The summed E-state index contributed by atoms with van der Waals surface area (Å²) in [6.07, 6.45) is 1.38. The van der Waals surface area contributed by atoms with Crippen molar-refractivity contribution < 1.29 is 19.0 Å². The van der Waals surface area contributed by atoms with E-state index in [1.54, 1.807) is 0 Å². The van der Waals surface area contributed by atoms with E-state index in [-0.39, 0.29) is 11.4 Å². The summed E-state index contributed by atoms with van der Waals surface area (Å²) >= 11 is 0. The number of rotatable bonds is 12. The zero-order valence-corrected chi connectivity index (χ0v) is 15.8. The molecular weight excluding hydrogens is 296 g/mol. The topological polar surface area (TPSA) is 68.8 Å². The van der Waals surface area contributed by atoms with Gasteiger partial charge in [0.05, 0.1) is 39.5 Å². The van der Waals surface area contributed by atoms with Gasteiger partial charge in [0, 0.05) is 12.1 Å². The van der Waals surface area contributed by atoms with Gasteiger partial charge in [-0.2, -0.15) is 0 Å². The molecule has 0 radical (unpaired) electrons. The van der Waals surface area contributed by atoms with E-state index in [2.05, 4.69) is 31.6 Å². The van der Waals surface area contributed by atoms with Gasteiger partial charge in [0.1, 0.15) is 0 Å². The highest BCUT2D eigenvalue weighted by atomic mass is 16.5. The Bertz CT molecular complexity index is 309. The summed E-state index contributed by atoms with van der Waals surface area (Å²) in [4.78, 5) is 11.5. The lowest BCUT2D eigenvalue weighted by atomic mass is 9.93. The fourth-order valence-corrected chi connectivity index (χ4v) is 1.40. The van der Waals surface area contributed by atoms with Crippen LogP contribution in [-0.4, -0.2) is 51.1 Å². The Morgan fingerprint density at radius 1 is 0.783 bits per heavy atom. The van der Waals surface area contributed by atoms with Crippen molar-refractivity contribution in [1.82, 2.24) is 10.9 Å². The highest BCUT2D eigenvalue weighted by Crippen LogP contribution is 2.17. The maximum Gasteiger partial charge on any atom is 0.236 e. The van der Waals surface area contributed by atoms with Gasteiger partial charge < -0.3 is 14.2 Å². The first-order chi connectivity index (χ1) is 10.6. The molecule has 0 aliphatic heterocycles. The SMILES string of the molecule is CC(C)(C)CCOCCOCCOCCC(=O)NNC(C)(C)C. The van der Waals surface area contributed by atoms with Gasteiger partial charge in [0.15, 0.2) is 0 Å². The lowest BCUT2D eigenvalue weighted by Gasteiger charge is -2.20. The van der Waals surface area contributed by atoms with Gasteiger partial charge in [-0.05, 0) is 32.6 Å². The highest BCUT2D eigenvalue weighted by Gasteiger charge is 2.10. The first-order valence-corrected chi connectivity index (χ1v) is 8.39. The number of hydrogen-bond acceptors (Lipinski definition) is 5. The number of amides is 1. The lowest BCUT2D eigenvalue weighted by molar-refractivity contribution is -0.123. The van der Waals surface area contributed by atoms with Crippen molar-refractivity contribution in [3.05, 3.63) is 0 Å². The molecule has 0 aliphatic rings. The summed E-state index contributed by atoms with van der Waals surface area (Å²) in [5.41, 5.74) is 5.74. The Labute approximate surface area is 141 Å². The molecule has 2 N–H and O–H groups in total. The monoisotopic (exact) mass is 332 g/mol. The van der Waals surface area contributed by atoms with Gasteiger partial charge in [-0.25, -0.2) is 5.43 Å². The fourth-order valence-electron chi connectivity index (χ4n) is 1.40. The maximum absolute atomic E-state index is 11.5. The van der Waals surface area contributed by atoms with Crippen LogP contribution in [-0.2, 0) is 19.0 Å².